The van der Waals surface area contributed by atoms with Gasteiger partial charge in [0.25, 0.3) is 0 Å². The molecular formula is C24H20ClN3OS. The molecule has 0 bridgehead atoms. The molecule has 6 heteroatoms. The first kappa shape index (κ1) is 20.3. The van der Waals surface area contributed by atoms with Gasteiger partial charge in [-0.15, -0.1) is 11.3 Å². The van der Waals surface area contributed by atoms with Crippen LogP contribution in [0.3, 0.4) is 0 Å². The number of fused-ring (bicyclic) bond motifs is 1. The van der Waals surface area contributed by atoms with E-state index >= 15 is 0 Å². The molecule has 0 aliphatic rings. The molecular weight excluding hydrogens is 414 g/mol. The van der Waals surface area contributed by atoms with Crippen molar-refractivity contribution in [2.45, 2.75) is 32.7 Å². The molecule has 2 aromatic heterocycles. The number of benzene rings is 2. The van der Waals surface area contributed by atoms with E-state index in [4.69, 9.17) is 11.6 Å². The van der Waals surface area contributed by atoms with E-state index in [9.17, 15) is 10.1 Å². The molecule has 150 valence electrons. The molecule has 4 aromatic rings. The van der Waals surface area contributed by atoms with Crippen molar-refractivity contribution >= 4 is 39.3 Å². The van der Waals surface area contributed by atoms with E-state index < -0.39 is 0 Å². The summed E-state index contributed by atoms with van der Waals surface area (Å²) in [5.41, 5.74) is 3.13. The SMILES string of the molecule is CCCCc1nc(Cl)c(C=O)n1Cc1ccc2sc(-c3ccccc3C#N)cc2c1. The Labute approximate surface area is 184 Å². The Balaban J connectivity index is 1.70. The van der Waals surface area contributed by atoms with E-state index in [2.05, 4.69) is 42.2 Å². The van der Waals surface area contributed by atoms with Crippen LogP contribution in [0.4, 0.5) is 0 Å². The van der Waals surface area contributed by atoms with Crippen molar-refractivity contribution in [2.24, 2.45) is 0 Å². The summed E-state index contributed by atoms with van der Waals surface area (Å²) in [6.45, 7) is 2.67. The van der Waals surface area contributed by atoms with Crippen LogP contribution in [-0.2, 0) is 13.0 Å². The smallest absolute Gasteiger partial charge is 0.169 e. The van der Waals surface area contributed by atoms with Gasteiger partial charge in [-0.3, -0.25) is 4.79 Å². The fourth-order valence-electron chi connectivity index (χ4n) is 3.60. The van der Waals surface area contributed by atoms with Crippen molar-refractivity contribution < 1.29 is 4.79 Å². The van der Waals surface area contributed by atoms with Crippen LogP contribution in [0, 0.1) is 11.3 Å². The van der Waals surface area contributed by atoms with E-state index in [1.165, 1.54) is 0 Å². The van der Waals surface area contributed by atoms with Crippen LogP contribution in [0.15, 0.2) is 48.5 Å². The number of nitriles is 1. The topological polar surface area (TPSA) is 58.7 Å². The Morgan fingerprint density at radius 2 is 2.07 bits per heavy atom. The second-order valence-electron chi connectivity index (χ2n) is 7.15. The zero-order valence-corrected chi connectivity index (χ0v) is 18.1. The number of halogens is 1. The molecule has 0 amide bonds. The highest BCUT2D eigenvalue weighted by atomic mass is 35.5. The second-order valence-corrected chi connectivity index (χ2v) is 8.59. The van der Waals surface area contributed by atoms with Crippen LogP contribution >= 0.6 is 22.9 Å². The molecule has 0 fully saturated rings. The zero-order chi connectivity index (χ0) is 21.1. The maximum absolute atomic E-state index is 11.6. The quantitative estimate of drug-likeness (QED) is 0.313. The van der Waals surface area contributed by atoms with Gasteiger partial charge < -0.3 is 4.57 Å². The number of thiophene rings is 1. The molecule has 2 heterocycles. The molecule has 0 spiro atoms. The lowest BCUT2D eigenvalue weighted by atomic mass is 10.1. The van der Waals surface area contributed by atoms with Crippen LogP contribution in [0.5, 0.6) is 0 Å². The normalized spacial score (nSPS) is 11.0. The Morgan fingerprint density at radius 1 is 1.23 bits per heavy atom. The lowest BCUT2D eigenvalue weighted by Crippen LogP contribution is -2.08. The predicted molar refractivity (Wildman–Crippen MR) is 122 cm³/mol. The van der Waals surface area contributed by atoms with Crippen molar-refractivity contribution in [3.63, 3.8) is 0 Å². The highest BCUT2D eigenvalue weighted by Crippen LogP contribution is 2.35. The summed E-state index contributed by atoms with van der Waals surface area (Å²) >= 11 is 7.88. The molecule has 0 saturated carbocycles. The van der Waals surface area contributed by atoms with Gasteiger partial charge >= 0.3 is 0 Å². The monoisotopic (exact) mass is 433 g/mol. The van der Waals surface area contributed by atoms with Crippen molar-refractivity contribution in [1.82, 2.24) is 9.55 Å². The van der Waals surface area contributed by atoms with Gasteiger partial charge in [-0.25, -0.2) is 4.98 Å². The lowest BCUT2D eigenvalue weighted by molar-refractivity contribution is 0.111. The second kappa shape index (κ2) is 8.83. The molecule has 0 N–H and O–H groups in total. The van der Waals surface area contributed by atoms with Gasteiger partial charge in [0.1, 0.15) is 11.5 Å². The first-order chi connectivity index (χ1) is 14.6. The molecule has 4 nitrogen and oxygen atoms in total. The summed E-state index contributed by atoms with van der Waals surface area (Å²) in [7, 11) is 0. The maximum Gasteiger partial charge on any atom is 0.169 e. The fourth-order valence-corrected chi connectivity index (χ4v) is 4.92. The number of hydrogen-bond acceptors (Lipinski definition) is 4. The van der Waals surface area contributed by atoms with Crippen molar-refractivity contribution in [1.29, 1.82) is 5.26 Å². The third kappa shape index (κ3) is 3.89. The molecule has 0 unspecified atom stereocenters. The van der Waals surface area contributed by atoms with Gasteiger partial charge in [0.05, 0.1) is 11.6 Å². The van der Waals surface area contributed by atoms with E-state index in [1.54, 1.807) is 11.3 Å². The largest absolute Gasteiger partial charge is 0.320 e. The van der Waals surface area contributed by atoms with E-state index in [-0.39, 0.29) is 5.15 Å². The minimum Gasteiger partial charge on any atom is -0.320 e. The fraction of sp³-hybridized carbons (Fsp3) is 0.208. The number of carbonyl (C=O) groups is 1. The minimum atomic E-state index is 0.267. The molecule has 2 aromatic carbocycles. The molecule has 0 aliphatic carbocycles. The summed E-state index contributed by atoms with van der Waals surface area (Å²) in [6, 6.07) is 18.4. The number of rotatable bonds is 7. The number of imidazole rings is 1. The minimum absolute atomic E-state index is 0.267. The summed E-state index contributed by atoms with van der Waals surface area (Å²) in [5.74, 6) is 0.845. The maximum atomic E-state index is 11.6. The molecule has 0 saturated heterocycles. The standard InChI is InChI=1S/C24H20ClN3OS/c1-2-3-8-23-27-24(25)20(15-29)28(23)14-16-9-10-21-18(11-16)12-22(30-21)19-7-5-4-6-17(19)13-26/h4-7,9-12,15H,2-3,8,14H2,1H3. The summed E-state index contributed by atoms with van der Waals surface area (Å²) < 4.78 is 3.08. The van der Waals surface area contributed by atoms with E-state index in [1.807, 2.05) is 28.8 Å². The Hall–Kier alpha value is -2.94. The van der Waals surface area contributed by atoms with Gasteiger partial charge in [-0.1, -0.05) is 49.2 Å². The van der Waals surface area contributed by atoms with Crippen LogP contribution in [0.25, 0.3) is 20.5 Å². The average molecular weight is 434 g/mol. The molecule has 0 aliphatic heterocycles. The van der Waals surface area contributed by atoms with E-state index in [0.29, 0.717) is 17.8 Å². The number of aromatic nitrogens is 2. The first-order valence-corrected chi connectivity index (χ1v) is 11.1. The average Bonchev–Trinajstić information content (AvgIpc) is 3.32. The number of carbonyl (C=O) groups excluding carboxylic acids is 1. The molecule has 4 rings (SSSR count). The van der Waals surface area contributed by atoms with Crippen molar-refractivity contribution in [2.75, 3.05) is 0 Å². The van der Waals surface area contributed by atoms with Crippen molar-refractivity contribution in [3.8, 4) is 16.5 Å². The Morgan fingerprint density at radius 3 is 2.83 bits per heavy atom. The molecule has 0 atom stereocenters. The summed E-state index contributed by atoms with van der Waals surface area (Å²) in [4.78, 5) is 17.1. The van der Waals surface area contributed by atoms with Gasteiger partial charge in [-0.2, -0.15) is 5.26 Å². The van der Waals surface area contributed by atoms with Gasteiger partial charge in [0, 0.05) is 28.1 Å². The summed E-state index contributed by atoms with van der Waals surface area (Å²) in [6.07, 6.45) is 3.62. The van der Waals surface area contributed by atoms with Crippen LogP contribution in [0.1, 0.15) is 47.2 Å². The van der Waals surface area contributed by atoms with Crippen molar-refractivity contribution in [3.05, 3.63) is 76.3 Å². The number of nitrogens with zero attached hydrogens (tertiary/aromatic N) is 3. The molecule has 30 heavy (non-hydrogen) atoms. The summed E-state index contributed by atoms with van der Waals surface area (Å²) in [5, 5.41) is 10.8. The highest BCUT2D eigenvalue weighted by molar-refractivity contribution is 7.22. The van der Waals surface area contributed by atoms with Crippen LogP contribution in [0.2, 0.25) is 5.15 Å². The zero-order valence-electron chi connectivity index (χ0n) is 16.6. The van der Waals surface area contributed by atoms with Gasteiger partial charge in [0.15, 0.2) is 11.4 Å². The van der Waals surface area contributed by atoms with Gasteiger partial charge in [0.2, 0.25) is 0 Å². The van der Waals surface area contributed by atoms with Crippen LogP contribution < -0.4 is 0 Å². The van der Waals surface area contributed by atoms with Gasteiger partial charge in [-0.05, 0) is 41.6 Å². The Bertz CT molecular complexity index is 1270. The number of hydrogen-bond donors (Lipinski definition) is 0. The molecule has 0 radical (unpaired) electrons. The third-order valence-corrected chi connectivity index (χ3v) is 6.57. The first-order valence-electron chi connectivity index (χ1n) is 9.86. The number of aryl methyl sites for hydroxylation is 1. The Kier molecular flexibility index (Phi) is 5.98. The highest BCUT2D eigenvalue weighted by Gasteiger charge is 2.16. The lowest BCUT2D eigenvalue weighted by Gasteiger charge is -2.10. The predicted octanol–water partition coefficient (Wildman–Crippen LogP) is 6.49. The number of unbranched alkanes of at least 4 members (excludes halogenated alkanes) is 1. The third-order valence-electron chi connectivity index (χ3n) is 5.14. The number of aldehydes is 1. The van der Waals surface area contributed by atoms with E-state index in [0.717, 1.165) is 57.5 Å². The van der Waals surface area contributed by atoms with Crippen LogP contribution in [-0.4, -0.2) is 15.8 Å².